The second-order valence-electron chi connectivity index (χ2n) is 5.30. The van der Waals surface area contributed by atoms with Crippen molar-refractivity contribution in [3.63, 3.8) is 0 Å². The molecule has 0 aliphatic carbocycles. The van der Waals surface area contributed by atoms with Crippen molar-refractivity contribution in [3.05, 3.63) is 28.8 Å². The van der Waals surface area contributed by atoms with Crippen LogP contribution >= 0.6 is 0 Å². The van der Waals surface area contributed by atoms with Crippen molar-refractivity contribution in [2.45, 2.75) is 47.0 Å². The van der Waals surface area contributed by atoms with E-state index in [9.17, 15) is 4.79 Å². The van der Waals surface area contributed by atoms with Gasteiger partial charge >= 0.3 is 5.97 Å². The molecule has 0 aromatic heterocycles. The summed E-state index contributed by atoms with van der Waals surface area (Å²) in [6.45, 7) is 11.9. The number of benzene rings is 1. The fourth-order valence-electron chi connectivity index (χ4n) is 2.13. The zero-order valence-corrected chi connectivity index (χ0v) is 11.0. The van der Waals surface area contributed by atoms with Crippen molar-refractivity contribution < 1.29 is 9.53 Å². The lowest BCUT2D eigenvalue weighted by Crippen LogP contribution is -2.17. The molecule has 1 aromatic rings. The molecule has 2 nitrogen and oxygen atoms in total. The quantitative estimate of drug-likeness (QED) is 0.534. The zero-order chi connectivity index (χ0) is 12.5. The highest BCUT2D eigenvalue weighted by molar-refractivity contribution is 5.70. The highest BCUT2D eigenvalue weighted by Crippen LogP contribution is 2.35. The standard InChI is InChI=1S/C14H20O2/c1-9-7-10(2)13(14(4,5)6)12(8-9)16-11(3)15/h7-8H,1-6H3. The summed E-state index contributed by atoms with van der Waals surface area (Å²) in [4.78, 5) is 11.1. The molecule has 0 spiro atoms. The third-order valence-electron chi connectivity index (χ3n) is 2.45. The number of hydrogen-bond donors (Lipinski definition) is 0. The predicted octanol–water partition coefficient (Wildman–Crippen LogP) is 3.53. The minimum absolute atomic E-state index is 0.0252. The minimum Gasteiger partial charge on any atom is -0.426 e. The van der Waals surface area contributed by atoms with Crippen LogP contribution in [0.1, 0.15) is 44.4 Å². The van der Waals surface area contributed by atoms with Gasteiger partial charge in [-0.2, -0.15) is 0 Å². The van der Waals surface area contributed by atoms with E-state index >= 15 is 0 Å². The summed E-state index contributed by atoms with van der Waals surface area (Å²) in [5, 5.41) is 0. The maximum Gasteiger partial charge on any atom is 0.308 e. The number of aryl methyl sites for hydroxylation is 2. The van der Waals surface area contributed by atoms with E-state index in [0.717, 1.165) is 11.1 Å². The monoisotopic (exact) mass is 220 g/mol. The maximum atomic E-state index is 11.1. The van der Waals surface area contributed by atoms with Gasteiger partial charge in [0.1, 0.15) is 5.75 Å². The summed E-state index contributed by atoms with van der Waals surface area (Å²) in [5.41, 5.74) is 3.36. The first-order valence-corrected chi connectivity index (χ1v) is 5.52. The topological polar surface area (TPSA) is 26.3 Å². The van der Waals surface area contributed by atoms with Crippen LogP contribution in [-0.2, 0) is 10.2 Å². The highest BCUT2D eigenvalue weighted by atomic mass is 16.5. The van der Waals surface area contributed by atoms with Gasteiger partial charge in [0.25, 0.3) is 0 Å². The molecular weight excluding hydrogens is 200 g/mol. The Labute approximate surface area is 97.6 Å². The average Bonchev–Trinajstić information content (AvgIpc) is 1.96. The first-order valence-electron chi connectivity index (χ1n) is 5.52. The number of rotatable bonds is 1. The molecule has 2 heteroatoms. The van der Waals surface area contributed by atoms with Gasteiger partial charge in [0.2, 0.25) is 0 Å². The summed E-state index contributed by atoms with van der Waals surface area (Å²) >= 11 is 0. The first-order chi connectivity index (χ1) is 7.21. The average molecular weight is 220 g/mol. The molecule has 0 atom stereocenters. The van der Waals surface area contributed by atoms with E-state index in [1.807, 2.05) is 13.0 Å². The van der Waals surface area contributed by atoms with Crippen LogP contribution in [0.3, 0.4) is 0 Å². The van der Waals surface area contributed by atoms with Gasteiger partial charge in [-0.05, 0) is 36.5 Å². The Morgan fingerprint density at radius 2 is 1.75 bits per heavy atom. The number of carbonyl (C=O) groups excluding carboxylic acids is 1. The Kier molecular flexibility index (Phi) is 3.41. The van der Waals surface area contributed by atoms with Gasteiger partial charge in [-0.25, -0.2) is 0 Å². The molecule has 0 saturated heterocycles. The van der Waals surface area contributed by atoms with Crippen molar-refractivity contribution in [3.8, 4) is 5.75 Å². The van der Waals surface area contributed by atoms with Crippen LogP contribution in [0.2, 0.25) is 0 Å². The van der Waals surface area contributed by atoms with E-state index in [1.165, 1.54) is 12.5 Å². The van der Waals surface area contributed by atoms with Crippen molar-refractivity contribution in [2.75, 3.05) is 0 Å². The van der Waals surface area contributed by atoms with Crippen molar-refractivity contribution in [2.24, 2.45) is 0 Å². The van der Waals surface area contributed by atoms with Crippen LogP contribution in [-0.4, -0.2) is 5.97 Å². The van der Waals surface area contributed by atoms with Crippen LogP contribution in [0.15, 0.2) is 12.1 Å². The Hall–Kier alpha value is -1.31. The Bertz CT molecular complexity index is 411. The van der Waals surface area contributed by atoms with Gasteiger partial charge in [0.15, 0.2) is 0 Å². The zero-order valence-electron chi connectivity index (χ0n) is 11.0. The molecule has 0 saturated carbocycles. The first kappa shape index (κ1) is 12.8. The van der Waals surface area contributed by atoms with Gasteiger partial charge in [0.05, 0.1) is 0 Å². The smallest absolute Gasteiger partial charge is 0.308 e. The molecule has 0 fully saturated rings. The van der Waals surface area contributed by atoms with E-state index in [1.54, 1.807) is 0 Å². The van der Waals surface area contributed by atoms with E-state index in [4.69, 9.17) is 4.74 Å². The lowest BCUT2D eigenvalue weighted by Gasteiger charge is -2.25. The number of ether oxygens (including phenoxy) is 1. The molecule has 1 aromatic carbocycles. The summed E-state index contributed by atoms with van der Waals surface area (Å²) in [7, 11) is 0. The molecule has 88 valence electrons. The highest BCUT2D eigenvalue weighted by Gasteiger charge is 2.22. The molecule has 0 aliphatic heterocycles. The van der Waals surface area contributed by atoms with Gasteiger partial charge in [-0.15, -0.1) is 0 Å². The van der Waals surface area contributed by atoms with Crippen molar-refractivity contribution in [1.82, 2.24) is 0 Å². The summed E-state index contributed by atoms with van der Waals surface area (Å²) in [5.74, 6) is 0.424. The van der Waals surface area contributed by atoms with Crippen LogP contribution in [0.25, 0.3) is 0 Å². The van der Waals surface area contributed by atoms with Gasteiger partial charge in [-0.1, -0.05) is 26.8 Å². The fraction of sp³-hybridized carbons (Fsp3) is 0.500. The molecule has 0 amide bonds. The SMILES string of the molecule is CC(=O)Oc1cc(C)cc(C)c1C(C)(C)C. The van der Waals surface area contributed by atoms with Gasteiger partial charge < -0.3 is 4.74 Å². The number of hydrogen-bond acceptors (Lipinski definition) is 2. The van der Waals surface area contributed by atoms with E-state index in [-0.39, 0.29) is 11.4 Å². The van der Waals surface area contributed by atoms with Crippen LogP contribution < -0.4 is 4.74 Å². The van der Waals surface area contributed by atoms with E-state index in [0.29, 0.717) is 5.75 Å². The number of carbonyl (C=O) groups is 1. The molecule has 0 unspecified atom stereocenters. The Morgan fingerprint density at radius 3 is 2.19 bits per heavy atom. The second kappa shape index (κ2) is 4.28. The van der Waals surface area contributed by atoms with E-state index < -0.39 is 0 Å². The molecule has 16 heavy (non-hydrogen) atoms. The summed E-state index contributed by atoms with van der Waals surface area (Å²) < 4.78 is 5.29. The normalized spacial score (nSPS) is 11.4. The molecular formula is C14H20O2. The maximum absolute atomic E-state index is 11.1. The molecule has 0 bridgehead atoms. The van der Waals surface area contributed by atoms with Crippen molar-refractivity contribution in [1.29, 1.82) is 0 Å². The second-order valence-corrected chi connectivity index (χ2v) is 5.30. The Morgan fingerprint density at radius 1 is 1.19 bits per heavy atom. The molecule has 0 heterocycles. The summed E-state index contributed by atoms with van der Waals surface area (Å²) in [6, 6.07) is 4.04. The van der Waals surface area contributed by atoms with Gasteiger partial charge in [-0.3, -0.25) is 4.79 Å². The molecule has 0 radical (unpaired) electrons. The summed E-state index contributed by atoms with van der Waals surface area (Å²) in [6.07, 6.45) is 0. The van der Waals surface area contributed by atoms with Crippen LogP contribution in [0.5, 0.6) is 5.75 Å². The molecule has 0 aliphatic rings. The number of esters is 1. The third-order valence-corrected chi connectivity index (χ3v) is 2.45. The lowest BCUT2D eigenvalue weighted by molar-refractivity contribution is -0.131. The molecule has 0 N–H and O–H groups in total. The largest absolute Gasteiger partial charge is 0.426 e. The fourth-order valence-corrected chi connectivity index (χ4v) is 2.13. The van der Waals surface area contributed by atoms with Crippen LogP contribution in [0.4, 0.5) is 0 Å². The van der Waals surface area contributed by atoms with Gasteiger partial charge in [0, 0.05) is 12.5 Å². The Balaban J connectivity index is 3.38. The van der Waals surface area contributed by atoms with Crippen molar-refractivity contribution >= 4 is 5.97 Å². The molecule has 1 rings (SSSR count). The predicted molar refractivity (Wildman–Crippen MR) is 65.9 cm³/mol. The third kappa shape index (κ3) is 2.84. The van der Waals surface area contributed by atoms with E-state index in [2.05, 4.69) is 33.8 Å². The minimum atomic E-state index is -0.268. The van der Waals surface area contributed by atoms with Crippen LogP contribution in [0, 0.1) is 13.8 Å². The lowest BCUT2D eigenvalue weighted by atomic mass is 9.83.